The van der Waals surface area contributed by atoms with Gasteiger partial charge in [-0.05, 0) is 172 Å². The zero-order valence-corrected chi connectivity index (χ0v) is 45.3. The molecule has 0 N–H and O–H groups in total. The second kappa shape index (κ2) is 16.8. The summed E-state index contributed by atoms with van der Waals surface area (Å²) in [5, 5.41) is 9.03. The number of fused-ring (bicyclic) bond motifs is 12. The topological polar surface area (TPSA) is 6.48 Å². The molecule has 0 saturated heterocycles. The first-order valence-corrected chi connectivity index (χ1v) is 27.5. The number of benzene rings is 10. The SMILES string of the molecule is CCC(C)(C)c1ccc(N2c3cccc4c3B(c3cc(-c5ccccc5)c(C)cc3N4c3ccc(C(C)(C)C)cc3-c3ccc4c5ccccc5c5ccccc5c4c3)c3sc4ccc(C(C)(C)C)cc4c32)cc1. The summed E-state index contributed by atoms with van der Waals surface area (Å²) >= 11 is 1.98. The molecule has 0 unspecified atom stereocenters. The van der Waals surface area contributed by atoms with Crippen LogP contribution in [0.15, 0.2) is 188 Å². The van der Waals surface area contributed by atoms with Gasteiger partial charge < -0.3 is 9.80 Å². The van der Waals surface area contributed by atoms with E-state index < -0.39 is 0 Å². The molecule has 0 radical (unpaired) electrons. The zero-order chi connectivity index (χ0) is 51.0. The molecular formula is C70H63BN2S. The van der Waals surface area contributed by atoms with Crippen LogP contribution < -0.4 is 25.5 Å². The minimum atomic E-state index is -0.0716. The van der Waals surface area contributed by atoms with Crippen LogP contribution in [0.5, 0.6) is 0 Å². The van der Waals surface area contributed by atoms with Crippen molar-refractivity contribution in [1.29, 1.82) is 0 Å². The molecule has 0 aliphatic carbocycles. The first-order chi connectivity index (χ1) is 35.6. The molecule has 0 amide bonds. The number of anilines is 6. The normalized spacial score (nSPS) is 13.5. The van der Waals surface area contributed by atoms with Gasteiger partial charge in [-0.2, -0.15) is 0 Å². The lowest BCUT2D eigenvalue weighted by molar-refractivity contribution is 0.506. The fraction of sp³-hybridized carbons (Fsp3) is 0.200. The fourth-order valence-electron chi connectivity index (χ4n) is 12.3. The maximum Gasteiger partial charge on any atom is 0.264 e. The first-order valence-electron chi connectivity index (χ1n) is 26.7. The molecule has 2 aliphatic rings. The number of aryl methyl sites for hydroxylation is 1. The van der Waals surface area contributed by atoms with E-state index in [1.807, 2.05) is 11.3 Å². The van der Waals surface area contributed by atoms with Crippen molar-refractivity contribution < 1.29 is 0 Å². The average Bonchev–Trinajstić information content (AvgIpc) is 3.81. The molecule has 0 fully saturated rings. The number of rotatable bonds is 6. The third-order valence-electron chi connectivity index (χ3n) is 16.8. The molecule has 0 saturated carbocycles. The molecule has 74 heavy (non-hydrogen) atoms. The summed E-state index contributed by atoms with van der Waals surface area (Å²) in [6, 6.07) is 72.4. The molecule has 13 rings (SSSR count). The third-order valence-corrected chi connectivity index (χ3v) is 18.1. The average molecular weight is 975 g/mol. The van der Waals surface area contributed by atoms with Crippen molar-refractivity contribution in [3.8, 4) is 22.3 Å². The lowest BCUT2D eigenvalue weighted by Crippen LogP contribution is -2.60. The van der Waals surface area contributed by atoms with Gasteiger partial charge in [-0.3, -0.25) is 0 Å². The van der Waals surface area contributed by atoms with Crippen LogP contribution in [-0.2, 0) is 16.2 Å². The second-order valence-electron chi connectivity index (χ2n) is 23.8. The van der Waals surface area contributed by atoms with Gasteiger partial charge in [0.05, 0.1) is 11.4 Å². The van der Waals surface area contributed by atoms with Crippen LogP contribution in [0.2, 0.25) is 0 Å². The number of hydrogen-bond acceptors (Lipinski definition) is 3. The van der Waals surface area contributed by atoms with Gasteiger partial charge in [0, 0.05) is 43.2 Å². The Kier molecular flexibility index (Phi) is 10.5. The Balaban J connectivity index is 1.12. The van der Waals surface area contributed by atoms with E-state index in [0.717, 1.165) is 6.42 Å². The van der Waals surface area contributed by atoms with Crippen LogP contribution >= 0.6 is 11.3 Å². The van der Waals surface area contributed by atoms with Crippen molar-refractivity contribution in [3.63, 3.8) is 0 Å². The van der Waals surface area contributed by atoms with Crippen molar-refractivity contribution >= 4 is 110 Å². The summed E-state index contributed by atoms with van der Waals surface area (Å²) in [4.78, 5) is 5.26. The van der Waals surface area contributed by atoms with E-state index in [4.69, 9.17) is 0 Å². The fourth-order valence-corrected chi connectivity index (χ4v) is 13.6. The Bertz CT molecular complexity index is 4040. The summed E-state index contributed by atoms with van der Waals surface area (Å²) < 4.78 is 2.71. The van der Waals surface area contributed by atoms with Crippen LogP contribution in [0.25, 0.3) is 64.7 Å². The zero-order valence-electron chi connectivity index (χ0n) is 44.5. The van der Waals surface area contributed by atoms with Gasteiger partial charge in [0.15, 0.2) is 0 Å². The molecule has 0 spiro atoms. The lowest BCUT2D eigenvalue weighted by Gasteiger charge is -2.44. The Labute approximate surface area is 442 Å². The summed E-state index contributed by atoms with van der Waals surface area (Å²) in [6.07, 6.45) is 1.07. The van der Waals surface area contributed by atoms with E-state index in [1.165, 1.54) is 137 Å². The van der Waals surface area contributed by atoms with Crippen molar-refractivity contribution in [1.82, 2.24) is 0 Å². The minimum Gasteiger partial charge on any atom is -0.311 e. The summed E-state index contributed by atoms with van der Waals surface area (Å²) in [6.45, 7) is 23.4. The Hall–Kier alpha value is -7.40. The van der Waals surface area contributed by atoms with Gasteiger partial charge in [-0.1, -0.05) is 190 Å². The van der Waals surface area contributed by atoms with Crippen molar-refractivity contribution in [3.05, 3.63) is 210 Å². The maximum absolute atomic E-state index is 2.64. The monoisotopic (exact) mass is 974 g/mol. The predicted molar refractivity (Wildman–Crippen MR) is 325 cm³/mol. The molecular weight excluding hydrogens is 912 g/mol. The van der Waals surface area contributed by atoms with Crippen molar-refractivity contribution in [2.24, 2.45) is 0 Å². The molecule has 0 bridgehead atoms. The van der Waals surface area contributed by atoms with Crippen LogP contribution in [0.1, 0.15) is 91.0 Å². The maximum atomic E-state index is 2.64. The van der Waals surface area contributed by atoms with Gasteiger partial charge in [0.1, 0.15) is 0 Å². The Morgan fingerprint density at radius 2 is 1.01 bits per heavy atom. The molecule has 4 heteroatoms. The van der Waals surface area contributed by atoms with Crippen molar-refractivity contribution in [2.45, 2.75) is 91.9 Å². The smallest absolute Gasteiger partial charge is 0.264 e. The quantitative estimate of drug-likeness (QED) is 0.121. The molecule has 2 nitrogen and oxygen atoms in total. The number of hydrogen-bond donors (Lipinski definition) is 0. The van der Waals surface area contributed by atoms with Crippen LogP contribution in [0.4, 0.5) is 34.1 Å². The van der Waals surface area contributed by atoms with Crippen LogP contribution in [-0.4, -0.2) is 6.71 Å². The van der Waals surface area contributed by atoms with Crippen LogP contribution in [0.3, 0.4) is 0 Å². The Morgan fingerprint density at radius 3 is 1.66 bits per heavy atom. The number of nitrogens with zero attached hydrogens (tertiary/aromatic N) is 2. The van der Waals surface area contributed by atoms with E-state index in [1.54, 1.807) is 0 Å². The first kappa shape index (κ1) is 46.4. The highest BCUT2D eigenvalue weighted by atomic mass is 32.1. The van der Waals surface area contributed by atoms with Gasteiger partial charge in [-0.25, -0.2) is 0 Å². The molecule has 3 heterocycles. The Morgan fingerprint density at radius 1 is 0.432 bits per heavy atom. The van der Waals surface area contributed by atoms with Gasteiger partial charge >= 0.3 is 0 Å². The van der Waals surface area contributed by atoms with Crippen molar-refractivity contribution in [2.75, 3.05) is 9.80 Å². The highest BCUT2D eigenvalue weighted by Gasteiger charge is 2.46. The van der Waals surface area contributed by atoms with Gasteiger partial charge in [0.25, 0.3) is 6.71 Å². The molecule has 10 aromatic carbocycles. The molecule has 2 aliphatic heterocycles. The summed E-state index contributed by atoms with van der Waals surface area (Å²) in [5.74, 6) is 0. The minimum absolute atomic E-state index is 0.00633. The third kappa shape index (κ3) is 7.19. The standard InChI is InChI=1S/C70H63BN2S/c1-11-70(9,10)46-29-33-49(34-30-46)72-61-26-19-27-62-65(61)71(67-66(72)58-41-48(69(6,7)8)32-37-64(58)74-67)59-42-55(44-20-13-12-14-21-44)43(2)38-63(59)73(62)60-36-31-47(68(3,4)5)40-56(60)45-28-35-54-52-24-16-15-22-50(52)51-23-17-18-25-53(51)57(54)39-45/h12-42H,11H2,1-10H3. The second-order valence-corrected chi connectivity index (χ2v) is 24.9. The predicted octanol–water partition coefficient (Wildman–Crippen LogP) is 18.4. The van der Waals surface area contributed by atoms with Crippen LogP contribution in [0, 0.1) is 6.92 Å². The largest absolute Gasteiger partial charge is 0.311 e. The lowest BCUT2D eigenvalue weighted by atomic mass is 9.36. The highest BCUT2D eigenvalue weighted by molar-refractivity contribution is 7.33. The molecule has 11 aromatic rings. The van der Waals surface area contributed by atoms with E-state index in [2.05, 4.69) is 267 Å². The summed E-state index contributed by atoms with van der Waals surface area (Å²) in [7, 11) is 0. The van der Waals surface area contributed by atoms with Gasteiger partial charge in [-0.15, -0.1) is 11.3 Å². The van der Waals surface area contributed by atoms with E-state index in [0.29, 0.717) is 0 Å². The number of thiophene rings is 1. The van der Waals surface area contributed by atoms with E-state index >= 15 is 0 Å². The highest BCUT2D eigenvalue weighted by Crippen LogP contribution is 2.51. The molecule has 362 valence electrons. The molecule has 1 aromatic heterocycles. The molecule has 0 atom stereocenters. The van der Waals surface area contributed by atoms with Gasteiger partial charge in [0.2, 0.25) is 0 Å². The van der Waals surface area contributed by atoms with E-state index in [-0.39, 0.29) is 23.0 Å². The summed E-state index contributed by atoms with van der Waals surface area (Å²) in [5.41, 5.74) is 20.3. The van der Waals surface area contributed by atoms with E-state index in [9.17, 15) is 0 Å².